The highest BCUT2D eigenvalue weighted by atomic mass is 16.5. The zero-order valence-corrected chi connectivity index (χ0v) is 18.5. The van der Waals surface area contributed by atoms with Crippen LogP contribution in [0.25, 0.3) is 5.69 Å². The molecule has 0 atom stereocenters. The highest BCUT2D eigenvalue weighted by Gasteiger charge is 2.11. The van der Waals surface area contributed by atoms with Crippen LogP contribution >= 0.6 is 0 Å². The van der Waals surface area contributed by atoms with Gasteiger partial charge < -0.3 is 9.30 Å². The first-order chi connectivity index (χ1) is 14.8. The summed E-state index contributed by atoms with van der Waals surface area (Å²) in [4.78, 5) is 23.9. The van der Waals surface area contributed by atoms with E-state index in [1.807, 2.05) is 58.0 Å². The Morgan fingerprint density at radius 3 is 2.39 bits per heavy atom. The number of aryl methyl sites for hydroxylation is 3. The fourth-order valence-electron chi connectivity index (χ4n) is 3.61. The zero-order valence-electron chi connectivity index (χ0n) is 18.5. The molecule has 3 rings (SSSR count). The van der Waals surface area contributed by atoms with E-state index in [-0.39, 0.29) is 18.3 Å². The molecule has 31 heavy (non-hydrogen) atoms. The molecule has 160 valence electrons. The summed E-state index contributed by atoms with van der Waals surface area (Å²) in [5.74, 6) is -0.521. The monoisotopic (exact) mass is 417 g/mol. The Kier molecular flexibility index (Phi) is 6.70. The lowest BCUT2D eigenvalue weighted by Crippen LogP contribution is -2.20. The number of hydrogen-bond acceptors (Lipinski definition) is 4. The Morgan fingerprint density at radius 2 is 1.74 bits per heavy atom. The number of rotatable bonds is 6. The number of methoxy groups -OCH3 is 1. The largest absolute Gasteiger partial charge is 0.465 e. The number of hydrazone groups is 1. The van der Waals surface area contributed by atoms with Gasteiger partial charge in [-0.1, -0.05) is 23.8 Å². The quantitative estimate of drug-likeness (QED) is 0.371. The molecule has 0 unspecified atom stereocenters. The molecule has 1 aromatic heterocycles. The fourth-order valence-corrected chi connectivity index (χ4v) is 3.61. The standard InChI is InChI=1S/C25H27N3O3/c1-16-6-7-21(17(2)12-16)14-24(29)27-26-15-22-13-18(3)28(19(22)4)23-10-8-20(9-11-23)25(30)31-5/h6-13,15H,14H2,1-5H3,(H,27,29)/b26-15-. The van der Waals surface area contributed by atoms with E-state index < -0.39 is 0 Å². The molecule has 1 amide bonds. The molecule has 0 radical (unpaired) electrons. The summed E-state index contributed by atoms with van der Waals surface area (Å²) in [5, 5.41) is 4.14. The van der Waals surface area contributed by atoms with Crippen molar-refractivity contribution < 1.29 is 14.3 Å². The lowest BCUT2D eigenvalue weighted by molar-refractivity contribution is -0.120. The number of carbonyl (C=O) groups excluding carboxylic acids is 2. The molecule has 1 heterocycles. The van der Waals surface area contributed by atoms with Gasteiger partial charge in [-0.05, 0) is 69.2 Å². The van der Waals surface area contributed by atoms with E-state index in [0.29, 0.717) is 5.56 Å². The third-order valence-corrected chi connectivity index (χ3v) is 5.26. The van der Waals surface area contributed by atoms with Gasteiger partial charge in [-0.3, -0.25) is 4.79 Å². The zero-order chi connectivity index (χ0) is 22.5. The maximum absolute atomic E-state index is 12.3. The molecule has 6 heteroatoms. The first-order valence-corrected chi connectivity index (χ1v) is 10.1. The van der Waals surface area contributed by atoms with Crippen molar-refractivity contribution in [3.05, 3.63) is 87.7 Å². The van der Waals surface area contributed by atoms with E-state index in [1.165, 1.54) is 12.7 Å². The van der Waals surface area contributed by atoms with Gasteiger partial charge in [0, 0.05) is 22.6 Å². The van der Waals surface area contributed by atoms with Crippen molar-refractivity contribution in [2.75, 3.05) is 7.11 Å². The van der Waals surface area contributed by atoms with Gasteiger partial charge >= 0.3 is 5.97 Å². The van der Waals surface area contributed by atoms with Crippen LogP contribution in [-0.2, 0) is 16.0 Å². The number of esters is 1. The van der Waals surface area contributed by atoms with E-state index in [1.54, 1.807) is 18.3 Å². The van der Waals surface area contributed by atoms with Crippen molar-refractivity contribution in [1.82, 2.24) is 9.99 Å². The smallest absolute Gasteiger partial charge is 0.337 e. The van der Waals surface area contributed by atoms with Crippen LogP contribution in [0.1, 0.15) is 44.0 Å². The van der Waals surface area contributed by atoms with Gasteiger partial charge in [-0.2, -0.15) is 5.10 Å². The van der Waals surface area contributed by atoms with Crippen molar-refractivity contribution in [3.8, 4) is 5.69 Å². The molecular weight excluding hydrogens is 390 g/mol. The number of ether oxygens (including phenoxy) is 1. The van der Waals surface area contributed by atoms with E-state index in [9.17, 15) is 9.59 Å². The molecular formula is C25H27N3O3. The molecule has 0 aliphatic rings. The van der Waals surface area contributed by atoms with Crippen LogP contribution in [0, 0.1) is 27.7 Å². The van der Waals surface area contributed by atoms with Crippen molar-refractivity contribution in [2.45, 2.75) is 34.1 Å². The fraction of sp³-hybridized carbons (Fsp3) is 0.240. The van der Waals surface area contributed by atoms with Crippen LogP contribution in [0.2, 0.25) is 0 Å². The van der Waals surface area contributed by atoms with Gasteiger partial charge in [0.05, 0.1) is 25.3 Å². The SMILES string of the molecule is COC(=O)c1ccc(-n2c(C)cc(/C=N\NC(=O)Cc3ccc(C)cc3C)c2C)cc1. The number of aromatic nitrogens is 1. The molecule has 2 aromatic carbocycles. The van der Waals surface area contributed by atoms with Crippen molar-refractivity contribution >= 4 is 18.1 Å². The number of benzene rings is 2. The minimum Gasteiger partial charge on any atom is -0.465 e. The molecule has 0 aliphatic carbocycles. The van der Waals surface area contributed by atoms with E-state index >= 15 is 0 Å². The Hall–Kier alpha value is -3.67. The number of amides is 1. The summed E-state index contributed by atoms with van der Waals surface area (Å²) >= 11 is 0. The topological polar surface area (TPSA) is 72.7 Å². The molecule has 0 fully saturated rings. The summed E-state index contributed by atoms with van der Waals surface area (Å²) in [6.07, 6.45) is 1.94. The summed E-state index contributed by atoms with van der Waals surface area (Å²) < 4.78 is 6.82. The maximum atomic E-state index is 12.3. The minimum absolute atomic E-state index is 0.157. The maximum Gasteiger partial charge on any atom is 0.337 e. The third kappa shape index (κ3) is 5.09. The van der Waals surface area contributed by atoms with Crippen LogP contribution in [0.4, 0.5) is 0 Å². The molecule has 0 saturated heterocycles. The number of nitrogens with one attached hydrogen (secondary N) is 1. The normalized spacial score (nSPS) is 11.0. The second-order valence-corrected chi connectivity index (χ2v) is 7.60. The van der Waals surface area contributed by atoms with Crippen molar-refractivity contribution in [1.29, 1.82) is 0 Å². The average Bonchev–Trinajstić information content (AvgIpc) is 3.03. The van der Waals surface area contributed by atoms with Gasteiger partial charge in [0.1, 0.15) is 0 Å². The molecule has 0 aliphatic heterocycles. The summed E-state index contributed by atoms with van der Waals surface area (Å²) in [5.41, 5.74) is 10.2. The van der Waals surface area contributed by atoms with E-state index in [2.05, 4.69) is 21.2 Å². The second kappa shape index (κ2) is 9.43. The summed E-state index contributed by atoms with van der Waals surface area (Å²) in [6.45, 7) is 8.02. The van der Waals surface area contributed by atoms with Crippen molar-refractivity contribution in [3.63, 3.8) is 0 Å². The van der Waals surface area contributed by atoms with Gasteiger partial charge in [-0.25, -0.2) is 10.2 Å². The third-order valence-electron chi connectivity index (χ3n) is 5.26. The molecule has 0 bridgehead atoms. The molecule has 1 N–H and O–H groups in total. The van der Waals surface area contributed by atoms with Crippen LogP contribution in [0.3, 0.4) is 0 Å². The summed E-state index contributed by atoms with van der Waals surface area (Å²) in [7, 11) is 1.36. The Labute approximate surface area is 182 Å². The van der Waals surface area contributed by atoms with Gasteiger partial charge in [-0.15, -0.1) is 0 Å². The van der Waals surface area contributed by atoms with Gasteiger partial charge in [0.15, 0.2) is 0 Å². The Balaban J connectivity index is 1.70. The Bertz CT molecular complexity index is 1140. The van der Waals surface area contributed by atoms with E-state index in [4.69, 9.17) is 4.74 Å². The highest BCUT2D eigenvalue weighted by Crippen LogP contribution is 2.20. The average molecular weight is 418 g/mol. The van der Waals surface area contributed by atoms with Crippen LogP contribution in [0.15, 0.2) is 53.6 Å². The first kappa shape index (κ1) is 22.0. The first-order valence-electron chi connectivity index (χ1n) is 10.1. The number of carbonyl (C=O) groups is 2. The van der Waals surface area contributed by atoms with Crippen molar-refractivity contribution in [2.24, 2.45) is 5.10 Å². The van der Waals surface area contributed by atoms with Gasteiger partial charge in [0.2, 0.25) is 5.91 Å². The molecule has 6 nitrogen and oxygen atoms in total. The van der Waals surface area contributed by atoms with Crippen LogP contribution < -0.4 is 5.43 Å². The van der Waals surface area contributed by atoms with E-state index in [0.717, 1.165) is 33.8 Å². The second-order valence-electron chi connectivity index (χ2n) is 7.60. The lowest BCUT2D eigenvalue weighted by Gasteiger charge is -2.10. The lowest BCUT2D eigenvalue weighted by atomic mass is 10.0. The number of nitrogens with zero attached hydrogens (tertiary/aromatic N) is 2. The predicted octanol–water partition coefficient (Wildman–Crippen LogP) is 4.19. The predicted molar refractivity (Wildman–Crippen MR) is 122 cm³/mol. The minimum atomic E-state index is -0.364. The van der Waals surface area contributed by atoms with Crippen LogP contribution in [0.5, 0.6) is 0 Å². The van der Waals surface area contributed by atoms with Gasteiger partial charge in [0.25, 0.3) is 0 Å². The number of hydrogen-bond donors (Lipinski definition) is 1. The summed E-state index contributed by atoms with van der Waals surface area (Å²) in [6, 6.07) is 15.3. The molecule has 0 spiro atoms. The Morgan fingerprint density at radius 1 is 1.03 bits per heavy atom. The highest BCUT2D eigenvalue weighted by molar-refractivity contribution is 5.89. The molecule has 3 aromatic rings. The van der Waals surface area contributed by atoms with Crippen LogP contribution in [-0.4, -0.2) is 29.8 Å². The molecule has 0 saturated carbocycles.